The fourth-order valence-electron chi connectivity index (χ4n) is 4.39. The lowest BCUT2D eigenvalue weighted by Gasteiger charge is -2.25. The zero-order chi connectivity index (χ0) is 21.1. The summed E-state index contributed by atoms with van der Waals surface area (Å²) in [6, 6.07) is 13.8. The Morgan fingerprint density at radius 2 is 2.17 bits per heavy atom. The first-order valence-electron chi connectivity index (χ1n) is 10.3. The summed E-state index contributed by atoms with van der Waals surface area (Å²) in [5.41, 5.74) is 6.47. The van der Waals surface area contributed by atoms with Crippen LogP contribution in [-0.2, 0) is 17.8 Å². The van der Waals surface area contributed by atoms with E-state index in [4.69, 9.17) is 5.21 Å². The Labute approximate surface area is 175 Å². The molecule has 156 valence electrons. The average molecular weight is 407 g/mol. The molecule has 0 spiro atoms. The first-order valence-corrected chi connectivity index (χ1v) is 10.3. The van der Waals surface area contributed by atoms with Crippen molar-refractivity contribution in [1.82, 2.24) is 15.4 Å². The second kappa shape index (κ2) is 8.81. The van der Waals surface area contributed by atoms with Crippen LogP contribution in [0, 0.1) is 12.7 Å². The van der Waals surface area contributed by atoms with Crippen LogP contribution in [0.15, 0.2) is 48.5 Å². The number of nitrogens with zero attached hydrogens (tertiary/aromatic N) is 1. The molecule has 4 rings (SSSR count). The lowest BCUT2D eigenvalue weighted by atomic mass is 10.0. The van der Waals surface area contributed by atoms with Crippen molar-refractivity contribution in [3.63, 3.8) is 0 Å². The number of nitrogens with one attached hydrogen (secondary N) is 2. The van der Waals surface area contributed by atoms with Gasteiger partial charge < -0.3 is 4.98 Å². The number of aryl methyl sites for hydroxylation is 1. The molecule has 30 heavy (non-hydrogen) atoms. The molecule has 1 aromatic heterocycles. The Hall–Kier alpha value is -2.96. The number of amides is 1. The third-order valence-electron chi connectivity index (χ3n) is 5.95. The van der Waals surface area contributed by atoms with Crippen LogP contribution < -0.4 is 5.48 Å². The van der Waals surface area contributed by atoms with E-state index >= 15 is 0 Å². The van der Waals surface area contributed by atoms with Gasteiger partial charge in [-0.2, -0.15) is 0 Å². The number of carbonyl (C=O) groups excluding carboxylic acids is 1. The molecule has 0 aliphatic carbocycles. The van der Waals surface area contributed by atoms with Crippen molar-refractivity contribution in [3.05, 3.63) is 76.7 Å². The highest BCUT2D eigenvalue weighted by Crippen LogP contribution is 2.29. The van der Waals surface area contributed by atoms with Gasteiger partial charge in [0.05, 0.1) is 0 Å². The normalized spacial score (nSPS) is 17.2. The molecule has 6 heteroatoms. The van der Waals surface area contributed by atoms with Crippen molar-refractivity contribution in [2.45, 2.75) is 38.8 Å². The number of likely N-dealkylation sites (tertiary alicyclic amines) is 1. The Bertz CT molecular complexity index is 1090. The van der Waals surface area contributed by atoms with E-state index in [1.165, 1.54) is 39.8 Å². The number of hydrogen-bond donors (Lipinski definition) is 3. The van der Waals surface area contributed by atoms with E-state index in [0.29, 0.717) is 23.7 Å². The maximum Gasteiger partial charge on any atom is 0.267 e. The van der Waals surface area contributed by atoms with Gasteiger partial charge in [0.25, 0.3) is 5.91 Å². The third-order valence-corrected chi connectivity index (χ3v) is 5.95. The number of fused-ring (bicyclic) bond motifs is 1. The molecule has 2 aromatic carbocycles. The number of hydrogen-bond acceptors (Lipinski definition) is 3. The van der Waals surface area contributed by atoms with E-state index in [9.17, 15) is 9.18 Å². The van der Waals surface area contributed by atoms with E-state index in [-0.39, 0.29) is 5.82 Å². The van der Waals surface area contributed by atoms with E-state index in [2.05, 4.69) is 35.0 Å². The lowest BCUT2D eigenvalue weighted by molar-refractivity contribution is -0.124. The minimum atomic E-state index is -0.646. The number of halogens is 1. The predicted octanol–water partition coefficient (Wildman–Crippen LogP) is 4.34. The van der Waals surface area contributed by atoms with Gasteiger partial charge in [0.2, 0.25) is 0 Å². The van der Waals surface area contributed by atoms with Gasteiger partial charge in [-0.25, -0.2) is 9.87 Å². The number of aromatic amines is 1. The number of carbonyl (C=O) groups is 1. The summed E-state index contributed by atoms with van der Waals surface area (Å²) in [6.45, 7) is 3.65. The van der Waals surface area contributed by atoms with Crippen LogP contribution in [0.3, 0.4) is 0 Å². The standard InChI is InChI=1S/C24H26FN3O2/c1-16-21(20-6-2-3-7-23(20)26-16)14-19-5-4-12-28(19)15-18-10-8-17(13-22(18)25)9-11-24(29)27-30/h2-3,6-11,13,19,26,30H,4-5,12,14-15H2,1H3,(H,27,29)/t19-/m1/s1. The second-order valence-electron chi connectivity index (χ2n) is 7.91. The van der Waals surface area contributed by atoms with Crippen molar-refractivity contribution in [3.8, 4) is 0 Å². The van der Waals surface area contributed by atoms with Gasteiger partial charge in [-0.1, -0.05) is 30.3 Å². The van der Waals surface area contributed by atoms with Crippen LogP contribution >= 0.6 is 0 Å². The van der Waals surface area contributed by atoms with Crippen molar-refractivity contribution in [2.75, 3.05) is 6.54 Å². The number of H-pyrrole nitrogens is 1. The zero-order valence-electron chi connectivity index (χ0n) is 17.0. The molecule has 1 aliphatic heterocycles. The van der Waals surface area contributed by atoms with Crippen molar-refractivity contribution < 1.29 is 14.4 Å². The molecular weight excluding hydrogens is 381 g/mol. The van der Waals surface area contributed by atoms with Crippen molar-refractivity contribution in [2.24, 2.45) is 0 Å². The van der Waals surface area contributed by atoms with Crippen LogP contribution in [0.1, 0.15) is 35.2 Å². The largest absolute Gasteiger partial charge is 0.358 e. The van der Waals surface area contributed by atoms with E-state index in [1.54, 1.807) is 12.1 Å². The molecule has 0 saturated carbocycles. The fraction of sp³-hybridized carbons (Fsp3) is 0.292. The Morgan fingerprint density at radius 3 is 2.97 bits per heavy atom. The lowest BCUT2D eigenvalue weighted by Crippen LogP contribution is -2.31. The zero-order valence-corrected chi connectivity index (χ0v) is 17.0. The monoisotopic (exact) mass is 407 g/mol. The minimum Gasteiger partial charge on any atom is -0.358 e. The summed E-state index contributed by atoms with van der Waals surface area (Å²) in [5.74, 6) is -0.928. The quantitative estimate of drug-likeness (QED) is 0.323. The van der Waals surface area contributed by atoms with E-state index < -0.39 is 5.91 Å². The topological polar surface area (TPSA) is 68.4 Å². The van der Waals surface area contributed by atoms with Gasteiger partial charge >= 0.3 is 0 Å². The smallest absolute Gasteiger partial charge is 0.267 e. The number of hydroxylamine groups is 1. The molecule has 1 saturated heterocycles. The molecule has 1 atom stereocenters. The Morgan fingerprint density at radius 1 is 1.33 bits per heavy atom. The highest BCUT2D eigenvalue weighted by molar-refractivity contribution is 5.90. The maximum atomic E-state index is 14.7. The molecule has 0 bridgehead atoms. The fourth-order valence-corrected chi connectivity index (χ4v) is 4.39. The molecular formula is C24H26FN3O2. The summed E-state index contributed by atoms with van der Waals surface area (Å²) < 4.78 is 14.7. The predicted molar refractivity (Wildman–Crippen MR) is 116 cm³/mol. The number of aromatic nitrogens is 1. The minimum absolute atomic E-state index is 0.282. The first kappa shape index (κ1) is 20.3. The first-order chi connectivity index (χ1) is 14.5. The molecule has 2 heterocycles. The Kier molecular flexibility index (Phi) is 5.97. The maximum absolute atomic E-state index is 14.7. The molecule has 1 amide bonds. The summed E-state index contributed by atoms with van der Waals surface area (Å²) in [5, 5.41) is 9.80. The number of para-hydroxylation sites is 1. The third kappa shape index (κ3) is 4.30. The van der Waals surface area contributed by atoms with Crippen molar-refractivity contribution in [1.29, 1.82) is 0 Å². The summed E-state index contributed by atoms with van der Waals surface area (Å²) >= 11 is 0. The van der Waals surface area contributed by atoms with Gasteiger partial charge in [-0.15, -0.1) is 0 Å². The molecule has 3 aromatic rings. The van der Waals surface area contributed by atoms with E-state index in [0.717, 1.165) is 31.9 Å². The number of benzene rings is 2. The highest BCUT2D eigenvalue weighted by atomic mass is 19.1. The average Bonchev–Trinajstić information content (AvgIpc) is 3.32. The molecule has 3 N–H and O–H groups in total. The molecule has 1 fully saturated rings. The molecule has 0 unspecified atom stereocenters. The summed E-state index contributed by atoms with van der Waals surface area (Å²) in [7, 11) is 0. The molecule has 5 nitrogen and oxygen atoms in total. The van der Waals surface area contributed by atoms with Crippen LogP contribution in [0.2, 0.25) is 0 Å². The molecule has 0 radical (unpaired) electrons. The second-order valence-corrected chi connectivity index (χ2v) is 7.91. The summed E-state index contributed by atoms with van der Waals surface area (Å²) in [4.78, 5) is 16.9. The van der Waals surface area contributed by atoms with Gasteiger partial charge in [0.15, 0.2) is 0 Å². The summed E-state index contributed by atoms with van der Waals surface area (Å²) in [6.07, 6.45) is 5.81. The number of rotatable bonds is 6. The highest BCUT2D eigenvalue weighted by Gasteiger charge is 2.27. The van der Waals surface area contributed by atoms with Gasteiger partial charge in [-0.3, -0.25) is 14.9 Å². The van der Waals surface area contributed by atoms with E-state index in [1.807, 2.05) is 6.07 Å². The van der Waals surface area contributed by atoms with Gasteiger partial charge in [0.1, 0.15) is 5.82 Å². The van der Waals surface area contributed by atoms with Crippen LogP contribution in [0.25, 0.3) is 17.0 Å². The van der Waals surface area contributed by atoms with Crippen LogP contribution in [0.5, 0.6) is 0 Å². The Balaban J connectivity index is 1.48. The van der Waals surface area contributed by atoms with Gasteiger partial charge in [-0.05, 0) is 62.1 Å². The van der Waals surface area contributed by atoms with Crippen LogP contribution in [0.4, 0.5) is 4.39 Å². The van der Waals surface area contributed by atoms with Crippen LogP contribution in [-0.4, -0.2) is 33.6 Å². The van der Waals surface area contributed by atoms with Gasteiger partial charge in [0, 0.05) is 40.8 Å². The molecule has 1 aliphatic rings. The SMILES string of the molecule is Cc1[nH]c2ccccc2c1C[C@H]1CCCN1Cc1ccc(C=CC(=O)NO)cc1F. The van der Waals surface area contributed by atoms with Crippen molar-refractivity contribution >= 4 is 22.9 Å².